The normalized spacial score (nSPS) is 13.6. The van der Waals surface area contributed by atoms with Crippen LogP contribution < -0.4 is 5.73 Å². The van der Waals surface area contributed by atoms with Crippen LogP contribution in [0.15, 0.2) is 36.5 Å². The number of hydrogen-bond acceptors (Lipinski definition) is 1. The summed E-state index contributed by atoms with van der Waals surface area (Å²) >= 11 is 0. The molecule has 0 aliphatic rings. The first-order valence-electron chi connectivity index (χ1n) is 4.43. The number of nitrogens with two attached hydrogens (primary N) is 1. The third-order valence-electron chi connectivity index (χ3n) is 1.20. The van der Waals surface area contributed by atoms with E-state index in [2.05, 4.69) is 6.58 Å². The molecule has 2 N–H and O–H groups in total. The highest BCUT2D eigenvalue weighted by Gasteiger charge is 1.95. The highest BCUT2D eigenvalue weighted by Crippen LogP contribution is 2.01. The molecule has 0 saturated heterocycles. The first-order valence-corrected chi connectivity index (χ1v) is 4.43. The van der Waals surface area contributed by atoms with Crippen molar-refractivity contribution in [3.05, 3.63) is 36.5 Å². The lowest BCUT2D eigenvalue weighted by atomic mass is 10.1. The van der Waals surface area contributed by atoms with Crippen molar-refractivity contribution in [3.8, 4) is 0 Å². The van der Waals surface area contributed by atoms with E-state index in [1.807, 2.05) is 45.9 Å². The van der Waals surface area contributed by atoms with Crippen molar-refractivity contribution in [1.29, 1.82) is 0 Å². The highest BCUT2D eigenvalue weighted by molar-refractivity contribution is 5.26. The molecule has 0 aromatic rings. The van der Waals surface area contributed by atoms with Crippen LogP contribution in [0.3, 0.4) is 0 Å². The molecule has 0 saturated carbocycles. The van der Waals surface area contributed by atoms with Crippen LogP contribution in [0.5, 0.6) is 0 Å². The van der Waals surface area contributed by atoms with Gasteiger partial charge < -0.3 is 5.73 Å². The average molecular weight is 167 g/mol. The summed E-state index contributed by atoms with van der Waals surface area (Å²) in [5, 5.41) is 0. The van der Waals surface area contributed by atoms with Gasteiger partial charge in [-0.2, -0.15) is 0 Å². The Labute approximate surface area is 76.7 Å². The first kappa shape index (κ1) is 13.7. The largest absolute Gasteiger partial charge is 0.324 e. The van der Waals surface area contributed by atoms with E-state index in [0.717, 1.165) is 5.57 Å². The second-order valence-corrected chi connectivity index (χ2v) is 2.19. The standard InChI is InChI=1S/C9H15N.C2H6/c1-4-6-9(7-5-2)8(3)10;1-2/h4-8H,1,10H2,2-3H3;1-2H3/b7-5-,9-6+;. The Morgan fingerprint density at radius 1 is 1.42 bits per heavy atom. The summed E-state index contributed by atoms with van der Waals surface area (Å²) in [6.45, 7) is 11.5. The van der Waals surface area contributed by atoms with Gasteiger partial charge in [-0.3, -0.25) is 0 Å². The number of rotatable bonds is 3. The predicted octanol–water partition coefficient (Wildman–Crippen LogP) is 3.05. The summed E-state index contributed by atoms with van der Waals surface area (Å²) in [4.78, 5) is 0. The Kier molecular flexibility index (Phi) is 11.7. The summed E-state index contributed by atoms with van der Waals surface area (Å²) in [7, 11) is 0. The van der Waals surface area contributed by atoms with Crippen LogP contribution in [-0.4, -0.2) is 6.04 Å². The van der Waals surface area contributed by atoms with Crippen molar-refractivity contribution < 1.29 is 0 Å². The van der Waals surface area contributed by atoms with Gasteiger partial charge in [-0.25, -0.2) is 0 Å². The molecule has 1 atom stereocenters. The fourth-order valence-electron chi connectivity index (χ4n) is 0.688. The molecule has 1 nitrogen and oxygen atoms in total. The topological polar surface area (TPSA) is 26.0 Å². The molecule has 0 aliphatic carbocycles. The predicted molar refractivity (Wildman–Crippen MR) is 58.1 cm³/mol. The molecule has 0 spiro atoms. The zero-order valence-electron chi connectivity index (χ0n) is 8.67. The summed E-state index contributed by atoms with van der Waals surface area (Å²) in [5.74, 6) is 0. The minimum Gasteiger partial charge on any atom is -0.324 e. The molecule has 0 amide bonds. The molecular formula is C11H21N. The summed E-state index contributed by atoms with van der Waals surface area (Å²) in [5.41, 5.74) is 6.75. The van der Waals surface area contributed by atoms with E-state index in [1.54, 1.807) is 6.08 Å². The van der Waals surface area contributed by atoms with Gasteiger partial charge in [-0.1, -0.05) is 44.7 Å². The van der Waals surface area contributed by atoms with Gasteiger partial charge in [0, 0.05) is 6.04 Å². The van der Waals surface area contributed by atoms with Crippen LogP contribution in [-0.2, 0) is 0 Å². The second kappa shape index (κ2) is 10.2. The average Bonchev–Trinajstić information content (AvgIpc) is 2.08. The Bertz CT molecular complexity index is 152. The summed E-state index contributed by atoms with van der Waals surface area (Å²) < 4.78 is 0. The Hall–Kier alpha value is -0.820. The lowest BCUT2D eigenvalue weighted by Gasteiger charge is -2.03. The van der Waals surface area contributed by atoms with E-state index in [4.69, 9.17) is 5.73 Å². The van der Waals surface area contributed by atoms with E-state index in [-0.39, 0.29) is 6.04 Å². The van der Waals surface area contributed by atoms with E-state index in [1.165, 1.54) is 0 Å². The van der Waals surface area contributed by atoms with Gasteiger partial charge in [0.15, 0.2) is 0 Å². The third kappa shape index (κ3) is 7.29. The second-order valence-electron chi connectivity index (χ2n) is 2.19. The molecule has 0 bridgehead atoms. The molecule has 0 aliphatic heterocycles. The van der Waals surface area contributed by atoms with Gasteiger partial charge in [0.2, 0.25) is 0 Å². The van der Waals surface area contributed by atoms with Gasteiger partial charge in [0.25, 0.3) is 0 Å². The quantitative estimate of drug-likeness (QED) is 0.642. The molecule has 0 rings (SSSR count). The molecule has 0 aromatic heterocycles. The van der Waals surface area contributed by atoms with Crippen LogP contribution in [0.25, 0.3) is 0 Å². The van der Waals surface area contributed by atoms with Crippen LogP contribution in [0.4, 0.5) is 0 Å². The smallest absolute Gasteiger partial charge is 0.0265 e. The zero-order valence-corrected chi connectivity index (χ0v) is 8.67. The van der Waals surface area contributed by atoms with E-state index >= 15 is 0 Å². The Morgan fingerprint density at radius 2 is 1.92 bits per heavy atom. The van der Waals surface area contributed by atoms with E-state index < -0.39 is 0 Å². The van der Waals surface area contributed by atoms with Crippen LogP contribution in [0.2, 0.25) is 0 Å². The van der Waals surface area contributed by atoms with Crippen molar-refractivity contribution in [2.75, 3.05) is 0 Å². The summed E-state index contributed by atoms with van der Waals surface area (Å²) in [6, 6.07) is 0.0919. The van der Waals surface area contributed by atoms with Crippen LogP contribution in [0, 0.1) is 0 Å². The molecule has 12 heavy (non-hydrogen) atoms. The van der Waals surface area contributed by atoms with Crippen molar-refractivity contribution in [2.45, 2.75) is 33.7 Å². The van der Waals surface area contributed by atoms with Crippen LogP contribution >= 0.6 is 0 Å². The van der Waals surface area contributed by atoms with Crippen molar-refractivity contribution >= 4 is 0 Å². The van der Waals surface area contributed by atoms with E-state index in [0.29, 0.717) is 0 Å². The van der Waals surface area contributed by atoms with Gasteiger partial charge in [0.1, 0.15) is 0 Å². The monoisotopic (exact) mass is 167 g/mol. The molecular weight excluding hydrogens is 146 g/mol. The molecule has 0 heterocycles. The van der Waals surface area contributed by atoms with Crippen molar-refractivity contribution in [3.63, 3.8) is 0 Å². The SMILES string of the molecule is C=C/C=C(\C=C/C)C(C)N.CC. The van der Waals surface area contributed by atoms with Crippen molar-refractivity contribution in [2.24, 2.45) is 5.73 Å². The van der Waals surface area contributed by atoms with Gasteiger partial charge in [-0.05, 0) is 19.4 Å². The van der Waals surface area contributed by atoms with E-state index in [9.17, 15) is 0 Å². The minimum absolute atomic E-state index is 0.0919. The van der Waals surface area contributed by atoms with Gasteiger partial charge >= 0.3 is 0 Å². The zero-order chi connectivity index (χ0) is 9.98. The maximum absolute atomic E-state index is 5.64. The maximum atomic E-state index is 5.64. The number of allylic oxidation sites excluding steroid dienone is 3. The lowest BCUT2D eigenvalue weighted by Crippen LogP contribution is -2.16. The first-order chi connectivity index (χ1) is 5.72. The van der Waals surface area contributed by atoms with Gasteiger partial charge in [0.05, 0.1) is 0 Å². The molecule has 0 radical (unpaired) electrons. The molecule has 70 valence electrons. The molecule has 1 heteroatoms. The molecule has 1 unspecified atom stereocenters. The molecule has 0 aromatic carbocycles. The van der Waals surface area contributed by atoms with Crippen LogP contribution in [0.1, 0.15) is 27.7 Å². The van der Waals surface area contributed by atoms with Gasteiger partial charge in [-0.15, -0.1) is 0 Å². The van der Waals surface area contributed by atoms with Crippen molar-refractivity contribution in [1.82, 2.24) is 0 Å². The Balaban J connectivity index is 0. The maximum Gasteiger partial charge on any atom is 0.0265 e. The highest BCUT2D eigenvalue weighted by atomic mass is 14.6. The lowest BCUT2D eigenvalue weighted by molar-refractivity contribution is 0.885. The third-order valence-corrected chi connectivity index (χ3v) is 1.20. The molecule has 0 fully saturated rings. The fraction of sp³-hybridized carbons (Fsp3) is 0.455. The Morgan fingerprint density at radius 3 is 2.17 bits per heavy atom. The number of hydrogen-bond donors (Lipinski definition) is 1. The summed E-state index contributed by atoms with van der Waals surface area (Å²) in [6.07, 6.45) is 7.63. The fourth-order valence-corrected chi connectivity index (χ4v) is 0.688. The minimum atomic E-state index is 0.0919.